The van der Waals surface area contributed by atoms with Crippen molar-refractivity contribution in [3.05, 3.63) is 48.5 Å². The summed E-state index contributed by atoms with van der Waals surface area (Å²) in [6, 6.07) is 11.6. The number of anilines is 1. The number of likely N-dealkylation sites (N-methyl/N-ethyl adjacent to an activating group) is 1. The number of aliphatic hydroxyl groups excluding tert-OH is 1. The van der Waals surface area contributed by atoms with Gasteiger partial charge in [-0.25, -0.2) is 16.8 Å². The molecule has 2 aromatic rings. The molecule has 3 rings (SSSR count). The molecule has 0 radical (unpaired) electrons. The monoisotopic (exact) mass is 667 g/mol. The van der Waals surface area contributed by atoms with E-state index < -0.39 is 47.4 Å². The first-order valence-electron chi connectivity index (χ1n) is 14.0. The first kappa shape index (κ1) is 35.6. The van der Waals surface area contributed by atoms with Gasteiger partial charge in [-0.3, -0.25) is 4.90 Å². The van der Waals surface area contributed by atoms with Crippen LogP contribution in [-0.2, 0) is 19.9 Å². The Labute approximate surface area is 256 Å². The topological polar surface area (TPSA) is 131 Å². The summed E-state index contributed by atoms with van der Waals surface area (Å²) in [5, 5.41) is 15.5. The maximum absolute atomic E-state index is 13.8. The lowest BCUT2D eigenvalue weighted by Crippen LogP contribution is -2.53. The van der Waals surface area contributed by atoms with E-state index in [9.17, 15) is 35.1 Å². The van der Waals surface area contributed by atoms with Crippen molar-refractivity contribution in [2.45, 2.75) is 52.7 Å². The molecule has 0 aliphatic carbocycles. The van der Waals surface area contributed by atoms with Gasteiger partial charge in [0, 0.05) is 56.0 Å². The highest BCUT2D eigenvalue weighted by atomic mass is 32.2. The fourth-order valence-electron chi connectivity index (χ4n) is 4.61. The van der Waals surface area contributed by atoms with E-state index in [0.717, 1.165) is 17.0 Å². The van der Waals surface area contributed by atoms with Crippen LogP contribution < -0.4 is 15.4 Å². The largest absolute Gasteiger partial charge is 0.501 e. The molecule has 0 saturated carbocycles. The first-order chi connectivity index (χ1) is 20.3. The van der Waals surface area contributed by atoms with Gasteiger partial charge in [0.2, 0.25) is 10.0 Å². The lowest BCUT2D eigenvalue weighted by atomic mass is 10.2. The van der Waals surface area contributed by atoms with Gasteiger partial charge in [-0.05, 0) is 50.2 Å². The van der Waals surface area contributed by atoms with E-state index >= 15 is 0 Å². The van der Waals surface area contributed by atoms with Crippen molar-refractivity contribution in [3.8, 4) is 0 Å². The summed E-state index contributed by atoms with van der Waals surface area (Å²) in [6.07, 6.45) is -0.240. The number of piperazine rings is 1. The number of aliphatic hydroxyl groups is 1. The highest BCUT2D eigenvalue weighted by Crippen LogP contribution is 2.36. The highest BCUT2D eigenvalue weighted by molar-refractivity contribution is 7.99. The number of benzene rings is 2. The zero-order valence-corrected chi connectivity index (χ0v) is 26.6. The predicted octanol–water partition coefficient (Wildman–Crippen LogP) is 2.79. The lowest BCUT2D eigenvalue weighted by Gasteiger charge is -2.33. The number of sulfonamides is 1. The predicted molar refractivity (Wildman–Crippen MR) is 162 cm³/mol. The smallest absolute Gasteiger partial charge is 0.395 e. The van der Waals surface area contributed by atoms with Crippen LogP contribution in [0.2, 0.25) is 0 Å². The second-order valence-electron chi connectivity index (χ2n) is 10.1. The summed E-state index contributed by atoms with van der Waals surface area (Å²) in [5.74, 6) is 0.385. The van der Waals surface area contributed by atoms with E-state index in [4.69, 9.17) is 0 Å². The van der Waals surface area contributed by atoms with E-state index in [1.807, 2.05) is 47.1 Å². The molecule has 1 saturated heterocycles. The summed E-state index contributed by atoms with van der Waals surface area (Å²) in [4.78, 5) is 3.01. The molecule has 1 fully saturated rings. The Bertz CT molecular complexity index is 1380. The minimum absolute atomic E-state index is 0.0596. The number of nitrogens with one attached hydrogen (secondary N) is 3. The van der Waals surface area contributed by atoms with Crippen molar-refractivity contribution in [3.63, 3.8) is 0 Å². The molecule has 242 valence electrons. The zero-order chi connectivity index (χ0) is 31.7. The van der Waals surface area contributed by atoms with Crippen LogP contribution in [0, 0.1) is 0 Å². The maximum Gasteiger partial charge on any atom is 0.501 e. The molecule has 1 aliphatic rings. The quantitative estimate of drug-likeness (QED) is 0.198. The number of sulfone groups is 1. The van der Waals surface area contributed by atoms with Gasteiger partial charge < -0.3 is 20.6 Å². The summed E-state index contributed by atoms with van der Waals surface area (Å²) in [5.41, 5.74) is -5.99. The van der Waals surface area contributed by atoms with Crippen molar-refractivity contribution < 1.29 is 35.1 Å². The van der Waals surface area contributed by atoms with E-state index in [1.165, 1.54) is 11.8 Å². The Hall–Kier alpha value is -1.92. The van der Waals surface area contributed by atoms with Gasteiger partial charge in [0.15, 0.2) is 0 Å². The fraction of sp³-hybridized carbons (Fsp3) is 0.556. The first-order valence-corrected chi connectivity index (χ1v) is 17.9. The van der Waals surface area contributed by atoms with E-state index in [0.29, 0.717) is 64.1 Å². The van der Waals surface area contributed by atoms with Crippen LogP contribution >= 0.6 is 11.8 Å². The van der Waals surface area contributed by atoms with E-state index in [2.05, 4.69) is 15.4 Å². The molecule has 2 unspecified atom stereocenters. The Morgan fingerprint density at radius 3 is 2.35 bits per heavy atom. The van der Waals surface area contributed by atoms with Crippen molar-refractivity contribution in [1.82, 2.24) is 19.8 Å². The van der Waals surface area contributed by atoms with Crippen LogP contribution in [0.4, 0.5) is 18.9 Å². The molecule has 1 heterocycles. The van der Waals surface area contributed by atoms with E-state index in [-0.39, 0.29) is 12.3 Å². The molecule has 4 N–H and O–H groups in total. The van der Waals surface area contributed by atoms with Crippen LogP contribution in [0.3, 0.4) is 0 Å². The van der Waals surface area contributed by atoms with Crippen molar-refractivity contribution in [1.29, 1.82) is 0 Å². The Morgan fingerprint density at radius 1 is 1.07 bits per heavy atom. The van der Waals surface area contributed by atoms with Crippen LogP contribution in [0.1, 0.15) is 20.3 Å². The fourth-order valence-corrected chi connectivity index (χ4v) is 7.88. The van der Waals surface area contributed by atoms with Gasteiger partial charge in [0.25, 0.3) is 9.84 Å². The molecule has 10 nitrogen and oxygen atoms in total. The summed E-state index contributed by atoms with van der Waals surface area (Å²) in [6.45, 7) is 7.46. The number of thioether (sulfide) groups is 1. The molecule has 2 aromatic carbocycles. The average molecular weight is 668 g/mol. The van der Waals surface area contributed by atoms with E-state index in [1.54, 1.807) is 6.92 Å². The Kier molecular flexibility index (Phi) is 13.1. The third-order valence-corrected chi connectivity index (χ3v) is 11.3. The van der Waals surface area contributed by atoms with Crippen molar-refractivity contribution >= 4 is 37.3 Å². The molecule has 0 bridgehead atoms. The molecule has 1 aliphatic heterocycles. The highest BCUT2D eigenvalue weighted by Gasteiger charge is 2.48. The molecule has 43 heavy (non-hydrogen) atoms. The normalized spacial score (nSPS) is 16.7. The number of halogens is 3. The number of hydrogen-bond donors (Lipinski definition) is 4. The third kappa shape index (κ3) is 10.0. The van der Waals surface area contributed by atoms with Gasteiger partial charge >= 0.3 is 5.51 Å². The maximum atomic E-state index is 13.8. The van der Waals surface area contributed by atoms with Crippen molar-refractivity contribution in [2.24, 2.45) is 0 Å². The Balaban J connectivity index is 1.94. The SMILES string of the molecule is CCN(CCO)CCC(CSc1ccccc1)Nc1ccc(S(=O)(=O)NC(C)N2CCNCC2)cc1S(=O)(=O)C(F)(F)F. The molecule has 0 spiro atoms. The number of alkyl halides is 3. The summed E-state index contributed by atoms with van der Waals surface area (Å²) >= 11 is 1.45. The molecule has 2 atom stereocenters. The van der Waals surface area contributed by atoms with Gasteiger partial charge in [-0.2, -0.15) is 17.9 Å². The van der Waals surface area contributed by atoms with Crippen LogP contribution in [0.5, 0.6) is 0 Å². The Morgan fingerprint density at radius 2 is 1.74 bits per heavy atom. The minimum Gasteiger partial charge on any atom is -0.395 e. The van der Waals surface area contributed by atoms with Gasteiger partial charge in [0.05, 0.1) is 23.4 Å². The second-order valence-corrected chi connectivity index (χ2v) is 14.8. The van der Waals surface area contributed by atoms with Crippen molar-refractivity contribution in [2.75, 3.05) is 63.5 Å². The molecule has 16 heteroatoms. The summed E-state index contributed by atoms with van der Waals surface area (Å²) in [7, 11) is -10.3. The molecular formula is C27H40F3N5O5S3. The minimum atomic E-state index is -5.92. The number of nitrogens with zero attached hydrogens (tertiary/aromatic N) is 2. The third-order valence-electron chi connectivity index (χ3n) is 7.09. The van der Waals surface area contributed by atoms with Crippen LogP contribution in [-0.4, -0.2) is 108 Å². The second kappa shape index (κ2) is 15.9. The lowest BCUT2D eigenvalue weighted by molar-refractivity contribution is -0.0435. The van der Waals surface area contributed by atoms with Gasteiger partial charge in [-0.15, -0.1) is 11.8 Å². The average Bonchev–Trinajstić information content (AvgIpc) is 2.98. The zero-order valence-electron chi connectivity index (χ0n) is 24.2. The number of hydrogen-bond acceptors (Lipinski definition) is 10. The molecule has 0 aromatic heterocycles. The van der Waals surface area contributed by atoms with Crippen LogP contribution in [0.15, 0.2) is 63.2 Å². The van der Waals surface area contributed by atoms with Crippen LogP contribution in [0.25, 0.3) is 0 Å². The molecular weight excluding hydrogens is 628 g/mol. The van der Waals surface area contributed by atoms with Gasteiger partial charge in [-0.1, -0.05) is 25.1 Å². The summed E-state index contributed by atoms with van der Waals surface area (Å²) < 4.78 is 95.9. The van der Waals surface area contributed by atoms with Gasteiger partial charge in [0.1, 0.15) is 4.90 Å². The number of rotatable bonds is 16. The standard InChI is InChI=1S/C27H40F3N5O5S3/c1-3-34(17-18-36)14-11-22(20-41-23-7-5-4-6-8-23)32-25-10-9-24(19-26(25)42(37,38)27(28,29)30)43(39,40)33-21(2)35-15-12-31-13-16-35/h4-10,19,21-22,31-33,36H,3,11-18,20H2,1-2H3. The molecule has 0 amide bonds.